The number of hydrogen-bond acceptors (Lipinski definition) is 3. The van der Waals surface area contributed by atoms with Crippen molar-refractivity contribution in [2.24, 2.45) is 0 Å². The molecule has 1 aliphatic rings. The number of thioether (sulfide) groups is 1. The van der Waals surface area contributed by atoms with E-state index in [1.54, 1.807) is 16.7 Å². The first kappa shape index (κ1) is 15.3. The Morgan fingerprint density at radius 3 is 2.55 bits per heavy atom. The first-order valence-corrected chi connectivity index (χ1v) is 8.58. The van der Waals surface area contributed by atoms with E-state index in [4.69, 9.17) is 12.2 Å². The van der Waals surface area contributed by atoms with Gasteiger partial charge in [-0.15, -0.1) is 0 Å². The second-order valence-electron chi connectivity index (χ2n) is 5.20. The van der Waals surface area contributed by atoms with Crippen LogP contribution in [0.5, 0.6) is 0 Å². The molecule has 1 aromatic carbocycles. The number of carbonyl (C=O) groups excluding carboxylic acids is 1. The maximum atomic E-state index is 12.4. The summed E-state index contributed by atoms with van der Waals surface area (Å²) in [7, 11) is 0. The van der Waals surface area contributed by atoms with Crippen molar-refractivity contribution in [3.8, 4) is 0 Å². The van der Waals surface area contributed by atoms with Crippen molar-refractivity contribution in [1.29, 1.82) is 0 Å². The summed E-state index contributed by atoms with van der Waals surface area (Å²) in [5, 5.41) is 3.63. The van der Waals surface area contributed by atoms with Gasteiger partial charge in [-0.05, 0) is 54.3 Å². The van der Waals surface area contributed by atoms with Gasteiger partial charge in [-0.3, -0.25) is 9.69 Å². The average Bonchev–Trinajstić information content (AvgIpc) is 2.71. The minimum Gasteiger partial charge on any atom is -0.350 e. The molecule has 0 aliphatic carbocycles. The van der Waals surface area contributed by atoms with Gasteiger partial charge in [-0.1, -0.05) is 26.0 Å². The van der Waals surface area contributed by atoms with Crippen LogP contribution in [0, 0.1) is 0 Å². The standard InChI is InChI=1S/C15H20N2OS2/c1-10(2)11-4-6-12(7-5-11)17-14(18)13(8-9-20-3)16-15(17)19/h4-7,10,13H,8-9H2,1-3H3,(H,16,19). The highest BCUT2D eigenvalue weighted by atomic mass is 32.2. The molecule has 1 unspecified atom stereocenters. The molecule has 20 heavy (non-hydrogen) atoms. The zero-order valence-electron chi connectivity index (χ0n) is 12.1. The van der Waals surface area contributed by atoms with Gasteiger partial charge in [0.05, 0.1) is 5.69 Å². The number of nitrogens with one attached hydrogen (secondary N) is 1. The summed E-state index contributed by atoms with van der Waals surface area (Å²) in [5.41, 5.74) is 2.11. The number of carbonyl (C=O) groups is 1. The Hall–Kier alpha value is -1.07. The zero-order chi connectivity index (χ0) is 14.7. The fourth-order valence-electron chi connectivity index (χ4n) is 2.22. The average molecular weight is 308 g/mol. The van der Waals surface area contributed by atoms with Crippen molar-refractivity contribution in [2.75, 3.05) is 16.9 Å². The fraction of sp³-hybridized carbons (Fsp3) is 0.467. The highest BCUT2D eigenvalue weighted by molar-refractivity contribution is 7.98. The molecule has 0 saturated carbocycles. The van der Waals surface area contributed by atoms with Gasteiger partial charge >= 0.3 is 0 Å². The van der Waals surface area contributed by atoms with E-state index < -0.39 is 0 Å². The van der Waals surface area contributed by atoms with Gasteiger partial charge in [-0.25, -0.2) is 0 Å². The third-order valence-electron chi connectivity index (χ3n) is 3.45. The molecule has 1 fully saturated rings. The Bertz CT molecular complexity index is 499. The number of nitrogens with zero attached hydrogens (tertiary/aromatic N) is 1. The van der Waals surface area contributed by atoms with Crippen LogP contribution in [0.4, 0.5) is 5.69 Å². The van der Waals surface area contributed by atoms with E-state index in [0.717, 1.165) is 17.9 Å². The lowest BCUT2D eigenvalue weighted by molar-refractivity contribution is -0.118. The summed E-state index contributed by atoms with van der Waals surface area (Å²) < 4.78 is 0. The van der Waals surface area contributed by atoms with Crippen molar-refractivity contribution in [3.63, 3.8) is 0 Å². The summed E-state index contributed by atoms with van der Waals surface area (Å²) in [6, 6.07) is 7.88. The van der Waals surface area contributed by atoms with Gasteiger partial charge in [0.2, 0.25) is 0 Å². The zero-order valence-corrected chi connectivity index (χ0v) is 13.7. The van der Waals surface area contributed by atoms with Crippen molar-refractivity contribution >= 4 is 40.7 Å². The van der Waals surface area contributed by atoms with E-state index >= 15 is 0 Å². The highest BCUT2D eigenvalue weighted by Gasteiger charge is 2.35. The Morgan fingerprint density at radius 1 is 1.35 bits per heavy atom. The van der Waals surface area contributed by atoms with E-state index in [9.17, 15) is 4.79 Å². The Morgan fingerprint density at radius 2 is 2.00 bits per heavy atom. The highest BCUT2D eigenvalue weighted by Crippen LogP contribution is 2.24. The van der Waals surface area contributed by atoms with E-state index in [2.05, 4.69) is 31.3 Å². The molecule has 1 saturated heterocycles. The minimum absolute atomic E-state index is 0.0568. The van der Waals surface area contributed by atoms with Crippen LogP contribution in [-0.2, 0) is 4.79 Å². The molecular weight excluding hydrogens is 288 g/mol. The van der Waals surface area contributed by atoms with Crippen LogP contribution >= 0.6 is 24.0 Å². The molecule has 1 amide bonds. The van der Waals surface area contributed by atoms with Crippen LogP contribution in [0.15, 0.2) is 24.3 Å². The lowest BCUT2D eigenvalue weighted by Gasteiger charge is -2.16. The third-order valence-corrected chi connectivity index (χ3v) is 4.39. The van der Waals surface area contributed by atoms with Crippen LogP contribution in [0.1, 0.15) is 31.7 Å². The van der Waals surface area contributed by atoms with Crippen LogP contribution in [0.2, 0.25) is 0 Å². The number of hydrogen-bond donors (Lipinski definition) is 1. The second-order valence-corrected chi connectivity index (χ2v) is 6.58. The van der Waals surface area contributed by atoms with Crippen LogP contribution in [0.3, 0.4) is 0 Å². The Kier molecular flexibility index (Phi) is 5.05. The maximum absolute atomic E-state index is 12.4. The lowest BCUT2D eigenvalue weighted by Crippen LogP contribution is -2.31. The molecule has 1 aromatic rings. The van der Waals surface area contributed by atoms with Crippen LogP contribution in [0.25, 0.3) is 0 Å². The van der Waals surface area contributed by atoms with Crippen molar-refractivity contribution < 1.29 is 4.79 Å². The molecule has 1 aliphatic heterocycles. The van der Waals surface area contributed by atoms with Crippen molar-refractivity contribution in [3.05, 3.63) is 29.8 Å². The molecular formula is C15H20N2OS2. The number of amides is 1. The molecule has 3 nitrogen and oxygen atoms in total. The molecule has 0 aromatic heterocycles. The maximum Gasteiger partial charge on any atom is 0.255 e. The third kappa shape index (κ3) is 3.15. The topological polar surface area (TPSA) is 32.3 Å². The van der Waals surface area contributed by atoms with Crippen molar-refractivity contribution in [2.45, 2.75) is 32.2 Å². The Labute approximate surface area is 130 Å². The summed E-state index contributed by atoms with van der Waals surface area (Å²) in [4.78, 5) is 14.0. The largest absolute Gasteiger partial charge is 0.350 e. The molecule has 1 heterocycles. The van der Waals surface area contributed by atoms with Gasteiger partial charge in [0.25, 0.3) is 5.91 Å². The molecule has 108 valence electrons. The number of anilines is 1. The summed E-state index contributed by atoms with van der Waals surface area (Å²) in [6.45, 7) is 4.31. The first-order chi connectivity index (χ1) is 9.54. The molecule has 1 N–H and O–H groups in total. The van der Waals surface area contributed by atoms with Gasteiger partial charge in [0.15, 0.2) is 5.11 Å². The molecule has 0 bridgehead atoms. The number of benzene rings is 1. The van der Waals surface area contributed by atoms with E-state index in [1.807, 2.05) is 18.4 Å². The quantitative estimate of drug-likeness (QED) is 0.847. The van der Waals surface area contributed by atoms with Crippen LogP contribution < -0.4 is 10.2 Å². The van der Waals surface area contributed by atoms with Crippen molar-refractivity contribution in [1.82, 2.24) is 5.32 Å². The molecule has 0 spiro atoms. The van der Waals surface area contributed by atoms with Gasteiger partial charge in [-0.2, -0.15) is 11.8 Å². The lowest BCUT2D eigenvalue weighted by atomic mass is 10.0. The SMILES string of the molecule is CSCCC1NC(=S)N(c2ccc(C(C)C)cc2)C1=O. The summed E-state index contributed by atoms with van der Waals surface area (Å²) in [6.07, 6.45) is 2.85. The molecule has 5 heteroatoms. The summed E-state index contributed by atoms with van der Waals surface area (Å²) in [5.74, 6) is 1.49. The number of thiocarbonyl (C=S) groups is 1. The monoisotopic (exact) mass is 308 g/mol. The van der Waals surface area contributed by atoms with Crippen LogP contribution in [-0.4, -0.2) is 29.1 Å². The molecule has 2 rings (SSSR count). The second kappa shape index (κ2) is 6.59. The van der Waals surface area contributed by atoms with E-state index in [-0.39, 0.29) is 11.9 Å². The summed E-state index contributed by atoms with van der Waals surface area (Å²) >= 11 is 7.04. The molecule has 0 radical (unpaired) electrons. The predicted octanol–water partition coefficient (Wildman–Crippen LogP) is 3.15. The normalized spacial score (nSPS) is 18.8. The smallest absolute Gasteiger partial charge is 0.255 e. The first-order valence-electron chi connectivity index (χ1n) is 6.78. The molecule has 1 atom stereocenters. The van der Waals surface area contributed by atoms with E-state index in [1.165, 1.54) is 5.56 Å². The predicted molar refractivity (Wildman–Crippen MR) is 90.5 cm³/mol. The fourth-order valence-corrected chi connectivity index (χ4v) is 3.02. The van der Waals surface area contributed by atoms with Gasteiger partial charge < -0.3 is 5.32 Å². The number of rotatable bonds is 5. The minimum atomic E-state index is -0.181. The van der Waals surface area contributed by atoms with E-state index in [0.29, 0.717) is 11.0 Å². The van der Waals surface area contributed by atoms with Gasteiger partial charge in [0.1, 0.15) is 6.04 Å². The van der Waals surface area contributed by atoms with Gasteiger partial charge in [0, 0.05) is 0 Å². The Balaban J connectivity index is 2.15.